The third-order valence-electron chi connectivity index (χ3n) is 2.12. The molecule has 0 radical (unpaired) electrons. The van der Waals surface area contributed by atoms with Gasteiger partial charge in [-0.2, -0.15) is 0 Å². The summed E-state index contributed by atoms with van der Waals surface area (Å²) in [6.45, 7) is 3.12. The van der Waals surface area contributed by atoms with E-state index in [-0.39, 0.29) is 5.78 Å². The summed E-state index contributed by atoms with van der Waals surface area (Å²) in [6, 6.07) is 5.26. The first-order chi connectivity index (χ1) is 7.08. The average molecular weight is 206 g/mol. The molecule has 0 amide bonds. The fourth-order valence-corrected chi connectivity index (χ4v) is 1.46. The Bertz CT molecular complexity index is 436. The predicted molar refractivity (Wildman–Crippen MR) is 51.7 cm³/mol. The summed E-state index contributed by atoms with van der Waals surface area (Å²) < 4.78 is 9.93. The molecule has 1 aliphatic rings. The predicted octanol–water partition coefficient (Wildman–Crippen LogP) is 1.46. The van der Waals surface area contributed by atoms with Crippen LogP contribution in [0.15, 0.2) is 18.2 Å². The summed E-state index contributed by atoms with van der Waals surface area (Å²) in [5.74, 6) is -0.362. The van der Waals surface area contributed by atoms with Gasteiger partial charge in [-0.15, -0.1) is 0 Å². The van der Waals surface area contributed by atoms with Crippen molar-refractivity contribution in [1.82, 2.24) is 0 Å². The molecule has 0 saturated carbocycles. The Morgan fingerprint density at radius 3 is 2.87 bits per heavy atom. The molecular weight excluding hydrogens is 196 g/mol. The van der Waals surface area contributed by atoms with Gasteiger partial charge in [0, 0.05) is 6.92 Å². The van der Waals surface area contributed by atoms with Crippen LogP contribution in [0.5, 0.6) is 5.75 Å². The third kappa shape index (κ3) is 1.70. The van der Waals surface area contributed by atoms with Crippen LogP contribution in [-0.2, 0) is 9.53 Å². The second kappa shape index (κ2) is 3.38. The average Bonchev–Trinajstić information content (AvgIpc) is 2.44. The zero-order valence-electron chi connectivity index (χ0n) is 8.44. The number of hydrogen-bond donors (Lipinski definition) is 0. The first-order valence-corrected chi connectivity index (χ1v) is 4.56. The number of carbonyl (C=O) groups excluding carboxylic acids is 2. The summed E-state index contributed by atoms with van der Waals surface area (Å²) >= 11 is 0. The molecule has 78 valence electrons. The van der Waals surface area contributed by atoms with Crippen molar-refractivity contribution in [1.29, 1.82) is 0 Å². The van der Waals surface area contributed by atoms with Crippen molar-refractivity contribution in [2.45, 2.75) is 20.1 Å². The molecule has 1 unspecified atom stereocenters. The van der Waals surface area contributed by atoms with Crippen LogP contribution in [0, 0.1) is 6.92 Å². The summed E-state index contributed by atoms with van der Waals surface area (Å²) in [7, 11) is 0. The van der Waals surface area contributed by atoms with Crippen molar-refractivity contribution in [2.75, 3.05) is 0 Å². The van der Waals surface area contributed by atoms with E-state index in [4.69, 9.17) is 9.47 Å². The number of fused-ring (bicyclic) bond motifs is 1. The molecule has 4 nitrogen and oxygen atoms in total. The fourth-order valence-electron chi connectivity index (χ4n) is 1.46. The second-order valence-corrected chi connectivity index (χ2v) is 3.42. The number of hydrogen-bond acceptors (Lipinski definition) is 4. The Labute approximate surface area is 86.8 Å². The molecule has 1 atom stereocenters. The van der Waals surface area contributed by atoms with Crippen molar-refractivity contribution in [3.63, 3.8) is 0 Å². The Morgan fingerprint density at radius 1 is 1.47 bits per heavy atom. The Kier molecular flexibility index (Phi) is 2.19. The van der Waals surface area contributed by atoms with Crippen molar-refractivity contribution < 1.29 is 19.1 Å². The number of benzene rings is 1. The zero-order valence-corrected chi connectivity index (χ0v) is 8.44. The molecule has 0 fully saturated rings. The lowest BCUT2D eigenvalue weighted by Crippen LogP contribution is -2.26. The number of Topliss-reactive ketones (excluding diaryl/α,β-unsaturated/α-hetero) is 1. The minimum Gasteiger partial charge on any atom is -0.447 e. The van der Waals surface area contributed by atoms with Gasteiger partial charge in [-0.3, -0.25) is 9.59 Å². The lowest BCUT2D eigenvalue weighted by atomic mass is 10.1. The van der Waals surface area contributed by atoms with E-state index in [9.17, 15) is 9.59 Å². The summed E-state index contributed by atoms with van der Waals surface area (Å²) in [6.07, 6.45) is -1.11. The van der Waals surface area contributed by atoms with Crippen LogP contribution >= 0.6 is 0 Å². The molecule has 2 rings (SSSR count). The maximum Gasteiger partial charge on any atom is 0.308 e. The van der Waals surface area contributed by atoms with E-state index in [1.807, 2.05) is 13.0 Å². The van der Waals surface area contributed by atoms with Gasteiger partial charge in [0.25, 0.3) is 0 Å². The first kappa shape index (κ1) is 9.71. The summed E-state index contributed by atoms with van der Waals surface area (Å²) in [4.78, 5) is 22.4. The van der Waals surface area contributed by atoms with Crippen molar-refractivity contribution >= 4 is 11.8 Å². The van der Waals surface area contributed by atoms with E-state index >= 15 is 0 Å². The smallest absolute Gasteiger partial charge is 0.308 e. The fraction of sp³-hybridized carbons (Fsp3) is 0.273. The number of ether oxygens (including phenoxy) is 2. The molecule has 0 spiro atoms. The van der Waals surface area contributed by atoms with Gasteiger partial charge in [-0.25, -0.2) is 0 Å². The van der Waals surface area contributed by atoms with Gasteiger partial charge in [0.2, 0.25) is 5.78 Å². The summed E-state index contributed by atoms with van der Waals surface area (Å²) in [5.41, 5.74) is 1.44. The van der Waals surface area contributed by atoms with Gasteiger partial charge in [0.05, 0.1) is 5.56 Å². The van der Waals surface area contributed by atoms with Gasteiger partial charge in [0.1, 0.15) is 5.75 Å². The number of aryl methyl sites for hydroxylation is 1. The molecule has 1 aromatic carbocycles. The maximum absolute atomic E-state index is 11.7. The van der Waals surface area contributed by atoms with Crippen LogP contribution in [0.4, 0.5) is 0 Å². The highest BCUT2D eigenvalue weighted by Gasteiger charge is 2.34. The Balaban J connectivity index is 2.29. The molecule has 4 heteroatoms. The molecule has 1 aliphatic heterocycles. The zero-order chi connectivity index (χ0) is 11.0. The normalized spacial score (nSPS) is 18.3. The van der Waals surface area contributed by atoms with E-state index in [0.717, 1.165) is 5.56 Å². The quantitative estimate of drug-likeness (QED) is 0.653. The number of esters is 1. The molecular formula is C11H10O4. The molecule has 0 saturated heterocycles. The van der Waals surface area contributed by atoms with Gasteiger partial charge >= 0.3 is 12.3 Å². The van der Waals surface area contributed by atoms with E-state index in [0.29, 0.717) is 11.3 Å². The second-order valence-electron chi connectivity index (χ2n) is 3.42. The molecule has 1 heterocycles. The van der Waals surface area contributed by atoms with Crippen LogP contribution in [0.25, 0.3) is 0 Å². The SMILES string of the molecule is CC(=O)OC1Oc2ccc(C)cc2C1=O. The number of carbonyl (C=O) groups is 2. The van der Waals surface area contributed by atoms with E-state index in [1.165, 1.54) is 6.92 Å². The Hall–Kier alpha value is -1.84. The first-order valence-electron chi connectivity index (χ1n) is 4.56. The van der Waals surface area contributed by atoms with Crippen molar-refractivity contribution in [2.24, 2.45) is 0 Å². The highest BCUT2D eigenvalue weighted by atomic mass is 16.7. The van der Waals surface area contributed by atoms with E-state index < -0.39 is 12.3 Å². The highest BCUT2D eigenvalue weighted by molar-refractivity contribution is 6.04. The van der Waals surface area contributed by atoms with Gasteiger partial charge < -0.3 is 9.47 Å². The standard InChI is InChI=1S/C11H10O4/c1-6-3-4-9-8(5-6)10(13)11(15-9)14-7(2)12/h3-5,11H,1-2H3. The molecule has 0 aliphatic carbocycles. The molecule has 1 aromatic rings. The topological polar surface area (TPSA) is 52.6 Å². The van der Waals surface area contributed by atoms with Crippen LogP contribution in [-0.4, -0.2) is 18.0 Å². The molecule has 0 N–H and O–H groups in total. The lowest BCUT2D eigenvalue weighted by molar-refractivity contribution is -0.154. The summed E-state index contributed by atoms with van der Waals surface area (Å²) in [5, 5.41) is 0. The monoisotopic (exact) mass is 206 g/mol. The number of ketones is 1. The minimum absolute atomic E-state index is 0.302. The van der Waals surface area contributed by atoms with E-state index in [1.54, 1.807) is 12.1 Å². The lowest BCUT2D eigenvalue weighted by Gasteiger charge is -2.07. The molecule has 15 heavy (non-hydrogen) atoms. The maximum atomic E-state index is 11.7. The van der Waals surface area contributed by atoms with Crippen LogP contribution in [0.3, 0.4) is 0 Å². The molecule has 0 aromatic heterocycles. The Morgan fingerprint density at radius 2 is 2.20 bits per heavy atom. The van der Waals surface area contributed by atoms with Crippen molar-refractivity contribution in [3.8, 4) is 5.75 Å². The van der Waals surface area contributed by atoms with Gasteiger partial charge in [0.15, 0.2) is 0 Å². The minimum atomic E-state index is -1.11. The molecule has 0 bridgehead atoms. The van der Waals surface area contributed by atoms with E-state index in [2.05, 4.69) is 0 Å². The van der Waals surface area contributed by atoms with Crippen molar-refractivity contribution in [3.05, 3.63) is 29.3 Å². The highest BCUT2D eigenvalue weighted by Crippen LogP contribution is 2.29. The van der Waals surface area contributed by atoms with Gasteiger partial charge in [-0.05, 0) is 19.1 Å². The van der Waals surface area contributed by atoms with Crippen LogP contribution in [0.1, 0.15) is 22.8 Å². The van der Waals surface area contributed by atoms with Crippen LogP contribution in [0.2, 0.25) is 0 Å². The van der Waals surface area contributed by atoms with Crippen LogP contribution < -0.4 is 4.74 Å². The largest absolute Gasteiger partial charge is 0.447 e. The number of rotatable bonds is 1. The third-order valence-corrected chi connectivity index (χ3v) is 2.12. The van der Waals surface area contributed by atoms with Gasteiger partial charge in [-0.1, -0.05) is 11.6 Å².